The molecule has 1 heterocycles. The second-order valence-corrected chi connectivity index (χ2v) is 6.56. The van der Waals surface area contributed by atoms with Crippen LogP contribution in [0.1, 0.15) is 48.0 Å². The van der Waals surface area contributed by atoms with Gasteiger partial charge in [-0.05, 0) is 48.0 Å². The molecule has 108 valence electrons. The Hall–Kier alpha value is -1.52. The number of ether oxygens (including phenoxy) is 2. The molecule has 0 aromatic carbocycles. The van der Waals surface area contributed by atoms with Gasteiger partial charge in [0.2, 0.25) is 0 Å². The van der Waals surface area contributed by atoms with E-state index in [0.717, 1.165) is 0 Å². The van der Waals surface area contributed by atoms with E-state index < -0.39 is 29.3 Å². The number of nitrogens with zero attached hydrogens (tertiary/aromatic N) is 1. The second kappa shape index (κ2) is 5.23. The SMILES string of the molecule is CC(C)(C)OC(=O)[C@H]1CC=CN1C(=O)OC(C)(C)C. The molecule has 1 aliphatic rings. The summed E-state index contributed by atoms with van der Waals surface area (Å²) in [6.45, 7) is 10.7. The molecule has 1 amide bonds. The molecular weight excluding hydrogens is 246 g/mol. The molecule has 0 bridgehead atoms. The highest BCUT2D eigenvalue weighted by Gasteiger charge is 2.36. The summed E-state index contributed by atoms with van der Waals surface area (Å²) in [6, 6.07) is -0.630. The van der Waals surface area contributed by atoms with Gasteiger partial charge in [0.25, 0.3) is 0 Å². The molecular formula is C14H23NO4. The fraction of sp³-hybridized carbons (Fsp3) is 0.714. The minimum atomic E-state index is -0.630. The van der Waals surface area contributed by atoms with Crippen LogP contribution in [0.25, 0.3) is 0 Å². The molecule has 1 atom stereocenters. The fourth-order valence-corrected chi connectivity index (χ4v) is 1.60. The maximum absolute atomic E-state index is 12.0. The van der Waals surface area contributed by atoms with E-state index in [1.165, 1.54) is 4.90 Å². The van der Waals surface area contributed by atoms with Crippen LogP contribution in [-0.2, 0) is 14.3 Å². The van der Waals surface area contributed by atoms with Crippen molar-refractivity contribution in [3.63, 3.8) is 0 Å². The molecule has 0 saturated heterocycles. The zero-order chi connectivity index (χ0) is 14.8. The highest BCUT2D eigenvalue weighted by atomic mass is 16.6. The van der Waals surface area contributed by atoms with Crippen molar-refractivity contribution < 1.29 is 19.1 Å². The van der Waals surface area contributed by atoms with Gasteiger partial charge >= 0.3 is 12.1 Å². The molecule has 1 aliphatic heterocycles. The first kappa shape index (κ1) is 15.5. The fourth-order valence-electron chi connectivity index (χ4n) is 1.60. The predicted molar refractivity (Wildman–Crippen MR) is 71.5 cm³/mol. The van der Waals surface area contributed by atoms with Crippen molar-refractivity contribution in [1.82, 2.24) is 4.90 Å². The first-order valence-corrected chi connectivity index (χ1v) is 6.40. The Balaban J connectivity index is 2.71. The number of esters is 1. The second-order valence-electron chi connectivity index (χ2n) is 6.56. The minimum Gasteiger partial charge on any atom is -0.458 e. The van der Waals surface area contributed by atoms with Crippen molar-refractivity contribution in [2.45, 2.75) is 65.2 Å². The largest absolute Gasteiger partial charge is 0.458 e. The lowest BCUT2D eigenvalue weighted by atomic mass is 10.1. The van der Waals surface area contributed by atoms with Gasteiger partial charge in [-0.25, -0.2) is 9.59 Å². The minimum absolute atomic E-state index is 0.414. The molecule has 0 aromatic rings. The van der Waals surface area contributed by atoms with Gasteiger partial charge in [0.1, 0.15) is 17.2 Å². The third kappa shape index (κ3) is 4.93. The van der Waals surface area contributed by atoms with E-state index in [2.05, 4.69) is 0 Å². The van der Waals surface area contributed by atoms with Crippen LogP contribution in [-0.4, -0.2) is 34.2 Å². The van der Waals surface area contributed by atoms with Crippen LogP contribution >= 0.6 is 0 Å². The number of carbonyl (C=O) groups excluding carboxylic acids is 2. The molecule has 19 heavy (non-hydrogen) atoms. The zero-order valence-corrected chi connectivity index (χ0v) is 12.5. The highest BCUT2D eigenvalue weighted by molar-refractivity contribution is 5.83. The van der Waals surface area contributed by atoms with E-state index in [4.69, 9.17) is 9.47 Å². The smallest absolute Gasteiger partial charge is 0.415 e. The zero-order valence-electron chi connectivity index (χ0n) is 12.5. The number of rotatable bonds is 1. The number of hydrogen-bond donors (Lipinski definition) is 0. The molecule has 5 nitrogen and oxygen atoms in total. The topological polar surface area (TPSA) is 55.8 Å². The van der Waals surface area contributed by atoms with Crippen LogP contribution in [0.15, 0.2) is 12.3 Å². The van der Waals surface area contributed by atoms with Gasteiger partial charge in [0, 0.05) is 6.20 Å². The molecule has 1 rings (SSSR count). The van der Waals surface area contributed by atoms with E-state index in [9.17, 15) is 9.59 Å². The van der Waals surface area contributed by atoms with E-state index in [1.807, 2.05) is 0 Å². The van der Waals surface area contributed by atoms with Crippen molar-refractivity contribution in [1.29, 1.82) is 0 Å². The third-order valence-corrected chi connectivity index (χ3v) is 2.24. The molecule has 0 unspecified atom stereocenters. The normalized spacial score (nSPS) is 19.5. The van der Waals surface area contributed by atoms with E-state index in [0.29, 0.717) is 6.42 Å². The third-order valence-electron chi connectivity index (χ3n) is 2.24. The van der Waals surface area contributed by atoms with Gasteiger partial charge in [-0.3, -0.25) is 4.90 Å². The van der Waals surface area contributed by atoms with Crippen molar-refractivity contribution >= 4 is 12.1 Å². The Morgan fingerprint density at radius 3 is 2.05 bits per heavy atom. The van der Waals surface area contributed by atoms with Crippen molar-refractivity contribution in [2.24, 2.45) is 0 Å². The van der Waals surface area contributed by atoms with Crippen LogP contribution in [0.4, 0.5) is 4.79 Å². The molecule has 5 heteroatoms. The van der Waals surface area contributed by atoms with Gasteiger partial charge in [-0.15, -0.1) is 0 Å². The number of carbonyl (C=O) groups is 2. The quantitative estimate of drug-likeness (QED) is 0.687. The Labute approximate surface area is 114 Å². The highest BCUT2D eigenvalue weighted by Crippen LogP contribution is 2.21. The summed E-state index contributed by atoms with van der Waals surface area (Å²) in [5, 5.41) is 0. The summed E-state index contributed by atoms with van der Waals surface area (Å²) in [7, 11) is 0. The van der Waals surface area contributed by atoms with Crippen LogP contribution in [0, 0.1) is 0 Å². The molecule has 0 aliphatic carbocycles. The summed E-state index contributed by atoms with van der Waals surface area (Å²) in [6.07, 6.45) is 3.26. The molecule has 0 fully saturated rings. The number of amides is 1. The lowest BCUT2D eigenvalue weighted by molar-refractivity contribution is -0.159. The summed E-state index contributed by atoms with van der Waals surface area (Å²) < 4.78 is 10.6. The Morgan fingerprint density at radius 1 is 1.05 bits per heavy atom. The lowest BCUT2D eigenvalue weighted by Gasteiger charge is -2.29. The van der Waals surface area contributed by atoms with Gasteiger partial charge in [0.05, 0.1) is 0 Å². The average molecular weight is 269 g/mol. The van der Waals surface area contributed by atoms with Gasteiger partial charge < -0.3 is 9.47 Å². The van der Waals surface area contributed by atoms with Crippen LogP contribution < -0.4 is 0 Å². The summed E-state index contributed by atoms with van der Waals surface area (Å²) in [5.74, 6) is -0.414. The Morgan fingerprint density at radius 2 is 1.58 bits per heavy atom. The standard InChI is InChI=1S/C14H23NO4/c1-13(2,3)18-11(16)10-8-7-9-15(10)12(17)19-14(4,5)6/h7,9-10H,8H2,1-6H3/t10-/m1/s1. The van der Waals surface area contributed by atoms with Gasteiger partial charge in [-0.1, -0.05) is 6.08 Å². The van der Waals surface area contributed by atoms with Crippen molar-refractivity contribution in [2.75, 3.05) is 0 Å². The summed E-state index contributed by atoms with van der Waals surface area (Å²) in [4.78, 5) is 25.3. The van der Waals surface area contributed by atoms with E-state index in [-0.39, 0.29) is 0 Å². The van der Waals surface area contributed by atoms with Crippen LogP contribution in [0.5, 0.6) is 0 Å². The molecule has 0 radical (unpaired) electrons. The van der Waals surface area contributed by atoms with E-state index in [1.54, 1.807) is 53.8 Å². The first-order valence-electron chi connectivity index (χ1n) is 6.40. The summed E-state index contributed by atoms with van der Waals surface area (Å²) >= 11 is 0. The molecule has 0 aromatic heterocycles. The maximum atomic E-state index is 12.0. The lowest BCUT2D eigenvalue weighted by Crippen LogP contribution is -2.44. The van der Waals surface area contributed by atoms with Gasteiger partial charge in [-0.2, -0.15) is 0 Å². The van der Waals surface area contributed by atoms with Crippen molar-refractivity contribution in [3.05, 3.63) is 12.3 Å². The molecule has 0 spiro atoms. The number of hydrogen-bond acceptors (Lipinski definition) is 4. The van der Waals surface area contributed by atoms with Gasteiger partial charge in [0.15, 0.2) is 0 Å². The first-order chi connectivity index (χ1) is 8.49. The molecule has 0 saturated carbocycles. The Kier molecular flexibility index (Phi) is 4.28. The Bertz CT molecular complexity index is 387. The summed E-state index contributed by atoms with van der Waals surface area (Å²) in [5.41, 5.74) is -1.16. The van der Waals surface area contributed by atoms with Crippen molar-refractivity contribution in [3.8, 4) is 0 Å². The molecule has 0 N–H and O–H groups in total. The van der Waals surface area contributed by atoms with E-state index >= 15 is 0 Å². The average Bonchev–Trinajstić information content (AvgIpc) is 2.59. The predicted octanol–water partition coefficient (Wildman–Crippen LogP) is 2.85. The maximum Gasteiger partial charge on any atom is 0.415 e. The van der Waals surface area contributed by atoms with Crippen LogP contribution in [0.3, 0.4) is 0 Å². The monoisotopic (exact) mass is 269 g/mol. The van der Waals surface area contributed by atoms with Crippen LogP contribution in [0.2, 0.25) is 0 Å².